The minimum atomic E-state index is -1.53. The zero-order chi connectivity index (χ0) is 25.9. The summed E-state index contributed by atoms with van der Waals surface area (Å²) in [6.07, 6.45) is 3.35. The topological polar surface area (TPSA) is 71.1 Å². The molecule has 2 atom stereocenters. The minimum Gasteiger partial charge on any atom is -0.493 e. The van der Waals surface area contributed by atoms with Crippen molar-refractivity contribution in [3.05, 3.63) is 24.3 Å². The van der Waals surface area contributed by atoms with Gasteiger partial charge in [0.1, 0.15) is 23.7 Å². The summed E-state index contributed by atoms with van der Waals surface area (Å²) in [4.78, 5) is 23.2. The summed E-state index contributed by atoms with van der Waals surface area (Å²) in [5.74, 6) is 0.845. The van der Waals surface area contributed by atoms with Crippen molar-refractivity contribution in [3.8, 4) is 11.5 Å². The first-order valence-electron chi connectivity index (χ1n) is 13.4. The second-order valence-electron chi connectivity index (χ2n) is 10.0. The van der Waals surface area contributed by atoms with Crippen LogP contribution in [-0.2, 0) is 19.1 Å². The second kappa shape index (κ2) is 14.4. The lowest BCUT2D eigenvalue weighted by Crippen LogP contribution is -2.30. The molecule has 8 heteroatoms. The van der Waals surface area contributed by atoms with Crippen LogP contribution in [-0.4, -0.2) is 49.7 Å². The third-order valence-electron chi connectivity index (χ3n) is 7.18. The average molecular weight is 511 g/mol. The molecule has 0 amide bonds. The number of carbonyl (C=O) groups is 2. The van der Waals surface area contributed by atoms with Crippen LogP contribution in [0.3, 0.4) is 0 Å². The third kappa shape index (κ3) is 8.93. The van der Waals surface area contributed by atoms with E-state index in [1.807, 2.05) is 24.3 Å². The first-order valence-corrected chi connectivity index (χ1v) is 13.4. The number of halogens is 2. The van der Waals surface area contributed by atoms with Crippen LogP contribution in [0.4, 0.5) is 8.78 Å². The van der Waals surface area contributed by atoms with Gasteiger partial charge in [-0.1, -0.05) is 13.8 Å². The van der Waals surface area contributed by atoms with Gasteiger partial charge in [0.15, 0.2) is 12.3 Å². The zero-order valence-corrected chi connectivity index (χ0v) is 21.5. The Bertz CT molecular complexity index is 734. The maximum atomic E-state index is 13.4. The molecular weight excluding hydrogens is 470 g/mol. The highest BCUT2D eigenvalue weighted by molar-refractivity contribution is 5.74. The van der Waals surface area contributed by atoms with E-state index in [0.717, 1.165) is 62.9 Å². The number of hydrogen-bond acceptors (Lipinski definition) is 6. The van der Waals surface area contributed by atoms with Gasteiger partial charge in [-0.25, -0.2) is 18.4 Å². The molecule has 3 rings (SSSR count). The summed E-state index contributed by atoms with van der Waals surface area (Å²) < 4.78 is 49.2. The van der Waals surface area contributed by atoms with Gasteiger partial charge in [0.25, 0.3) is 0 Å². The largest absolute Gasteiger partial charge is 0.493 e. The third-order valence-corrected chi connectivity index (χ3v) is 7.18. The number of hydrogen-bond donors (Lipinski definition) is 0. The van der Waals surface area contributed by atoms with Crippen LogP contribution in [0, 0.1) is 11.8 Å². The molecule has 36 heavy (non-hydrogen) atoms. The van der Waals surface area contributed by atoms with Crippen molar-refractivity contribution < 1.29 is 37.3 Å². The molecule has 0 heterocycles. The zero-order valence-electron chi connectivity index (χ0n) is 21.5. The standard InChI is InChI=1S/C28H40F2O6/c1-3-25(29)27(31)35-23-9-5-19(6-10-23)17-33-21-13-15-22(16-14-21)34-18-20-7-11-24(12-8-20)36-28(32)26(30)4-2/h13-16,19-20,23-26H,3-12,17-18H2,1-2H3/t19-,20-,23-,24-,25-,26-/m0/s1. The van der Waals surface area contributed by atoms with Crippen molar-refractivity contribution in [1.29, 1.82) is 0 Å². The van der Waals surface area contributed by atoms with Crippen LogP contribution < -0.4 is 9.47 Å². The molecule has 0 spiro atoms. The molecule has 202 valence electrons. The second-order valence-corrected chi connectivity index (χ2v) is 10.0. The van der Waals surface area contributed by atoms with Gasteiger partial charge >= 0.3 is 11.9 Å². The molecular formula is C28H40F2O6. The van der Waals surface area contributed by atoms with Crippen LogP contribution >= 0.6 is 0 Å². The molecule has 2 saturated carbocycles. The highest BCUT2D eigenvalue weighted by Gasteiger charge is 2.28. The highest BCUT2D eigenvalue weighted by Crippen LogP contribution is 2.30. The van der Waals surface area contributed by atoms with Gasteiger partial charge in [-0.3, -0.25) is 0 Å². The average Bonchev–Trinajstić information content (AvgIpc) is 2.91. The molecule has 1 aromatic rings. The summed E-state index contributed by atoms with van der Waals surface area (Å²) in [6.45, 7) is 4.45. The van der Waals surface area contributed by atoms with Gasteiger partial charge in [-0.15, -0.1) is 0 Å². The van der Waals surface area contributed by atoms with Crippen LogP contribution in [0.2, 0.25) is 0 Å². The Labute approximate surface area is 213 Å². The van der Waals surface area contributed by atoms with Crippen LogP contribution in [0.15, 0.2) is 24.3 Å². The van der Waals surface area contributed by atoms with Crippen molar-refractivity contribution in [2.45, 2.75) is 103 Å². The molecule has 0 unspecified atom stereocenters. The Morgan fingerprint density at radius 3 is 1.33 bits per heavy atom. The van der Waals surface area contributed by atoms with E-state index in [2.05, 4.69) is 0 Å². The van der Waals surface area contributed by atoms with Gasteiger partial charge in [0, 0.05) is 0 Å². The van der Waals surface area contributed by atoms with E-state index < -0.39 is 24.3 Å². The molecule has 0 aliphatic heterocycles. The molecule has 1 aromatic carbocycles. The van der Waals surface area contributed by atoms with Crippen LogP contribution in [0.5, 0.6) is 11.5 Å². The Morgan fingerprint density at radius 2 is 1.03 bits per heavy atom. The Balaban J connectivity index is 1.29. The summed E-state index contributed by atoms with van der Waals surface area (Å²) >= 11 is 0. The van der Waals surface area contributed by atoms with Crippen molar-refractivity contribution in [2.24, 2.45) is 11.8 Å². The van der Waals surface area contributed by atoms with Crippen molar-refractivity contribution in [3.63, 3.8) is 0 Å². The van der Waals surface area contributed by atoms with Gasteiger partial charge in [0.2, 0.25) is 0 Å². The van der Waals surface area contributed by atoms with Crippen LogP contribution in [0.1, 0.15) is 78.1 Å². The highest BCUT2D eigenvalue weighted by atomic mass is 19.1. The van der Waals surface area contributed by atoms with Gasteiger partial charge in [-0.05, 0) is 100 Å². The Kier molecular flexibility index (Phi) is 11.3. The predicted octanol–water partition coefficient (Wildman–Crippen LogP) is 6.14. The first-order chi connectivity index (χ1) is 17.4. The van der Waals surface area contributed by atoms with E-state index in [-0.39, 0.29) is 25.0 Å². The fraction of sp³-hybridized carbons (Fsp3) is 0.714. The molecule has 2 fully saturated rings. The van der Waals surface area contributed by atoms with Crippen LogP contribution in [0.25, 0.3) is 0 Å². The van der Waals surface area contributed by atoms with E-state index in [9.17, 15) is 18.4 Å². The summed E-state index contributed by atoms with van der Waals surface area (Å²) in [5.41, 5.74) is 0. The van der Waals surface area contributed by atoms with Gasteiger partial charge in [0.05, 0.1) is 13.2 Å². The first kappa shape index (κ1) is 28.2. The fourth-order valence-electron chi connectivity index (χ4n) is 4.70. The molecule has 0 N–H and O–H groups in total. The lowest BCUT2D eigenvalue weighted by molar-refractivity contribution is -0.158. The molecule has 0 bridgehead atoms. The van der Waals surface area contributed by atoms with Crippen molar-refractivity contribution in [1.82, 2.24) is 0 Å². The van der Waals surface area contributed by atoms with Gasteiger partial charge in [-0.2, -0.15) is 0 Å². The summed E-state index contributed by atoms with van der Waals surface area (Å²) in [6, 6.07) is 7.58. The number of ether oxygens (including phenoxy) is 4. The number of rotatable bonds is 12. The number of esters is 2. The maximum Gasteiger partial charge on any atom is 0.340 e. The molecule has 6 nitrogen and oxygen atoms in total. The SMILES string of the molecule is CC[C@H](F)C(=O)O[C@H]1CC[C@H](COc2ccc(OC[C@H]3CC[C@H](OC(=O)[C@@H](F)CC)CC3)cc2)CC1. The number of benzene rings is 1. The summed E-state index contributed by atoms with van der Waals surface area (Å²) in [7, 11) is 0. The van der Waals surface area contributed by atoms with Gasteiger partial charge < -0.3 is 18.9 Å². The number of carbonyl (C=O) groups excluding carboxylic acids is 2. The van der Waals surface area contributed by atoms with E-state index in [0.29, 0.717) is 25.0 Å². The van der Waals surface area contributed by atoms with E-state index >= 15 is 0 Å². The molecule has 0 radical (unpaired) electrons. The predicted molar refractivity (Wildman–Crippen MR) is 131 cm³/mol. The molecule has 0 aromatic heterocycles. The van der Waals surface area contributed by atoms with E-state index in [1.165, 1.54) is 0 Å². The molecule has 0 saturated heterocycles. The van der Waals surface area contributed by atoms with E-state index in [4.69, 9.17) is 18.9 Å². The van der Waals surface area contributed by atoms with Crippen molar-refractivity contribution in [2.75, 3.05) is 13.2 Å². The lowest BCUT2D eigenvalue weighted by atomic mass is 9.88. The summed E-state index contributed by atoms with van der Waals surface area (Å²) in [5, 5.41) is 0. The normalized spacial score (nSPS) is 25.9. The minimum absolute atomic E-state index is 0.146. The monoisotopic (exact) mass is 510 g/mol. The maximum absolute atomic E-state index is 13.4. The molecule has 2 aliphatic carbocycles. The molecule has 2 aliphatic rings. The Hall–Kier alpha value is -2.38. The van der Waals surface area contributed by atoms with E-state index in [1.54, 1.807) is 13.8 Å². The smallest absolute Gasteiger partial charge is 0.340 e. The Morgan fingerprint density at radius 1 is 0.694 bits per heavy atom. The lowest BCUT2D eigenvalue weighted by Gasteiger charge is -2.28. The fourth-order valence-corrected chi connectivity index (χ4v) is 4.70. The quantitative estimate of drug-likeness (QED) is 0.314. The number of alkyl halides is 2. The van der Waals surface area contributed by atoms with Crippen molar-refractivity contribution >= 4 is 11.9 Å².